The number of hydrogen-bond donors (Lipinski definition) is 1. The van der Waals surface area contributed by atoms with Crippen molar-refractivity contribution in [1.82, 2.24) is 14.8 Å². The molecule has 0 aliphatic rings. The lowest BCUT2D eigenvalue weighted by molar-refractivity contribution is -0.0497. The smallest absolute Gasteiger partial charge is 0.387 e. The van der Waals surface area contributed by atoms with Gasteiger partial charge in [-0.15, -0.1) is 0 Å². The highest BCUT2D eigenvalue weighted by molar-refractivity contribution is 6.32. The third-order valence-electron chi connectivity index (χ3n) is 4.88. The highest BCUT2D eigenvalue weighted by atomic mass is 35.5. The van der Waals surface area contributed by atoms with Crippen molar-refractivity contribution in [2.45, 2.75) is 13.5 Å². The van der Waals surface area contributed by atoms with E-state index >= 15 is 0 Å². The van der Waals surface area contributed by atoms with E-state index in [2.05, 4.69) is 20.1 Å². The van der Waals surface area contributed by atoms with Crippen LogP contribution in [0.2, 0.25) is 5.02 Å². The predicted molar refractivity (Wildman–Crippen MR) is 115 cm³/mol. The van der Waals surface area contributed by atoms with Crippen molar-refractivity contribution in [3.05, 3.63) is 71.0 Å². The van der Waals surface area contributed by atoms with Crippen LogP contribution in [0.15, 0.2) is 54.7 Å². The number of para-hydroxylation sites is 1. The lowest BCUT2D eigenvalue weighted by Crippen LogP contribution is -2.13. The number of carbonyl (C=O) groups excluding carboxylic acids is 1. The van der Waals surface area contributed by atoms with Gasteiger partial charge >= 0.3 is 6.61 Å². The number of nitrogens with one attached hydrogen (secondary N) is 1. The number of aromatic nitrogens is 3. The maximum Gasteiger partial charge on any atom is 0.387 e. The Balaban J connectivity index is 1.72. The zero-order valence-electron chi connectivity index (χ0n) is 16.6. The number of halogens is 3. The van der Waals surface area contributed by atoms with E-state index in [-0.39, 0.29) is 16.7 Å². The molecular weight excluding hydrogens is 426 g/mol. The molecule has 9 heteroatoms. The Hall–Kier alpha value is -3.52. The van der Waals surface area contributed by atoms with Crippen molar-refractivity contribution in [1.29, 1.82) is 0 Å². The van der Waals surface area contributed by atoms with E-state index in [4.69, 9.17) is 11.6 Å². The summed E-state index contributed by atoms with van der Waals surface area (Å²) >= 11 is 5.99. The molecule has 0 atom stereocenters. The summed E-state index contributed by atoms with van der Waals surface area (Å²) < 4.78 is 30.9. The molecule has 6 nitrogen and oxygen atoms in total. The van der Waals surface area contributed by atoms with Crippen LogP contribution >= 0.6 is 11.6 Å². The standard InChI is InChI=1S/C22H17ClF2N4O2/c1-12-16(11-26-29(12)2)19-10-15(14-5-3-4-6-18(14)28-19)21(30)27-13-7-8-20(17(23)9-13)31-22(24)25/h3-11,22H,1-2H3,(H,27,30). The molecule has 0 spiro atoms. The number of anilines is 1. The van der Waals surface area contributed by atoms with Gasteiger partial charge in [0.1, 0.15) is 5.75 Å². The first kappa shape index (κ1) is 20.7. The number of fused-ring (bicyclic) bond motifs is 1. The summed E-state index contributed by atoms with van der Waals surface area (Å²) in [7, 11) is 1.83. The fourth-order valence-electron chi connectivity index (χ4n) is 3.22. The SMILES string of the molecule is Cc1c(-c2cc(C(=O)Nc3ccc(OC(F)F)c(Cl)c3)c3ccccc3n2)cnn1C. The molecule has 31 heavy (non-hydrogen) atoms. The minimum Gasteiger partial charge on any atom is -0.433 e. The average molecular weight is 443 g/mol. The van der Waals surface area contributed by atoms with E-state index in [0.29, 0.717) is 27.8 Å². The van der Waals surface area contributed by atoms with Crippen LogP contribution < -0.4 is 10.1 Å². The second-order valence-corrected chi connectivity index (χ2v) is 7.22. The number of ether oxygens (including phenoxy) is 1. The molecule has 0 aliphatic heterocycles. The number of alkyl halides is 2. The maximum atomic E-state index is 13.1. The lowest BCUT2D eigenvalue weighted by Gasteiger charge is -2.12. The largest absolute Gasteiger partial charge is 0.433 e. The highest BCUT2D eigenvalue weighted by Crippen LogP contribution is 2.30. The summed E-state index contributed by atoms with van der Waals surface area (Å²) in [5, 5.41) is 7.64. The Kier molecular flexibility index (Phi) is 5.56. The van der Waals surface area contributed by atoms with Crippen molar-refractivity contribution in [2.24, 2.45) is 7.05 Å². The molecule has 0 saturated carbocycles. The molecule has 0 unspecified atom stereocenters. The van der Waals surface area contributed by atoms with Crippen LogP contribution in [0.1, 0.15) is 16.1 Å². The van der Waals surface area contributed by atoms with Gasteiger partial charge in [0.05, 0.1) is 28.0 Å². The van der Waals surface area contributed by atoms with E-state index in [9.17, 15) is 13.6 Å². The van der Waals surface area contributed by atoms with Gasteiger partial charge in [-0.25, -0.2) is 4.98 Å². The normalized spacial score (nSPS) is 11.2. The van der Waals surface area contributed by atoms with Crippen LogP contribution in [0.4, 0.5) is 14.5 Å². The van der Waals surface area contributed by atoms with Crippen LogP contribution in [0.25, 0.3) is 22.2 Å². The monoisotopic (exact) mass is 442 g/mol. The summed E-state index contributed by atoms with van der Waals surface area (Å²) in [6, 6.07) is 13.1. The third kappa shape index (κ3) is 4.20. The summed E-state index contributed by atoms with van der Waals surface area (Å²) in [5.74, 6) is -0.557. The van der Waals surface area contributed by atoms with Gasteiger partial charge in [-0.3, -0.25) is 9.48 Å². The average Bonchev–Trinajstić information content (AvgIpc) is 3.07. The van der Waals surface area contributed by atoms with Crippen LogP contribution in [-0.2, 0) is 7.05 Å². The predicted octanol–water partition coefficient (Wildman–Crippen LogP) is 5.45. The van der Waals surface area contributed by atoms with Gasteiger partial charge in [-0.05, 0) is 37.3 Å². The van der Waals surface area contributed by atoms with Crippen molar-refractivity contribution in [2.75, 3.05) is 5.32 Å². The molecule has 0 aliphatic carbocycles. The van der Waals surface area contributed by atoms with Crippen LogP contribution in [0.3, 0.4) is 0 Å². The molecule has 2 heterocycles. The van der Waals surface area contributed by atoms with E-state index in [1.807, 2.05) is 38.2 Å². The zero-order valence-corrected chi connectivity index (χ0v) is 17.3. The number of pyridine rings is 1. The number of benzene rings is 2. The highest BCUT2D eigenvalue weighted by Gasteiger charge is 2.17. The fourth-order valence-corrected chi connectivity index (χ4v) is 3.45. The van der Waals surface area contributed by atoms with E-state index in [1.54, 1.807) is 16.9 Å². The van der Waals surface area contributed by atoms with Crippen molar-refractivity contribution in [3.8, 4) is 17.0 Å². The van der Waals surface area contributed by atoms with Crippen LogP contribution in [0.5, 0.6) is 5.75 Å². The summed E-state index contributed by atoms with van der Waals surface area (Å²) in [5.41, 5.74) is 3.76. The Morgan fingerprint density at radius 2 is 1.97 bits per heavy atom. The van der Waals surface area contributed by atoms with Gasteiger partial charge in [0, 0.05) is 29.4 Å². The lowest BCUT2D eigenvalue weighted by atomic mass is 10.0. The Labute approximate surface area is 181 Å². The number of carbonyl (C=O) groups is 1. The second kappa shape index (κ2) is 8.31. The number of amides is 1. The molecule has 158 valence electrons. The minimum absolute atomic E-state index is 0.0376. The first-order chi connectivity index (χ1) is 14.8. The molecule has 0 bridgehead atoms. The first-order valence-electron chi connectivity index (χ1n) is 9.28. The number of hydrogen-bond acceptors (Lipinski definition) is 4. The Morgan fingerprint density at radius 3 is 2.65 bits per heavy atom. The van der Waals surface area contributed by atoms with Crippen LogP contribution in [0, 0.1) is 6.92 Å². The molecule has 2 aromatic heterocycles. The Bertz CT molecular complexity index is 1290. The first-order valence-corrected chi connectivity index (χ1v) is 9.65. The quantitative estimate of drug-likeness (QED) is 0.446. The van der Waals surface area contributed by atoms with Gasteiger partial charge in [0.15, 0.2) is 0 Å². The molecular formula is C22H17ClF2N4O2. The van der Waals surface area contributed by atoms with E-state index < -0.39 is 6.61 Å². The van der Waals surface area contributed by atoms with Gasteiger partial charge in [-0.1, -0.05) is 29.8 Å². The topological polar surface area (TPSA) is 69.0 Å². The fraction of sp³-hybridized carbons (Fsp3) is 0.136. The van der Waals surface area contributed by atoms with E-state index in [1.165, 1.54) is 18.2 Å². The number of aryl methyl sites for hydroxylation is 1. The Morgan fingerprint density at radius 1 is 1.19 bits per heavy atom. The zero-order chi connectivity index (χ0) is 22.1. The van der Waals surface area contributed by atoms with Gasteiger partial charge in [0.2, 0.25) is 0 Å². The number of rotatable bonds is 5. The molecule has 1 amide bonds. The molecule has 0 radical (unpaired) electrons. The molecule has 0 saturated heterocycles. The van der Waals surface area contributed by atoms with E-state index in [0.717, 1.165) is 11.3 Å². The van der Waals surface area contributed by atoms with Crippen LogP contribution in [-0.4, -0.2) is 27.3 Å². The summed E-state index contributed by atoms with van der Waals surface area (Å²) in [6.45, 7) is -1.07. The van der Waals surface area contributed by atoms with Gasteiger partial charge < -0.3 is 10.1 Å². The van der Waals surface area contributed by atoms with Crippen molar-refractivity contribution < 1.29 is 18.3 Å². The van der Waals surface area contributed by atoms with Crippen molar-refractivity contribution >= 4 is 34.1 Å². The number of nitrogens with zero attached hydrogens (tertiary/aromatic N) is 3. The van der Waals surface area contributed by atoms with Crippen molar-refractivity contribution in [3.63, 3.8) is 0 Å². The summed E-state index contributed by atoms with van der Waals surface area (Å²) in [6.07, 6.45) is 1.70. The molecule has 2 aromatic carbocycles. The molecule has 0 fully saturated rings. The molecule has 4 aromatic rings. The van der Waals surface area contributed by atoms with Gasteiger partial charge in [-0.2, -0.15) is 13.9 Å². The third-order valence-corrected chi connectivity index (χ3v) is 5.17. The second-order valence-electron chi connectivity index (χ2n) is 6.82. The van der Waals surface area contributed by atoms with Gasteiger partial charge in [0.25, 0.3) is 5.91 Å². The molecule has 1 N–H and O–H groups in total. The summed E-state index contributed by atoms with van der Waals surface area (Å²) in [4.78, 5) is 17.8. The maximum absolute atomic E-state index is 13.1. The minimum atomic E-state index is -2.99. The molecule has 4 rings (SSSR count).